The van der Waals surface area contributed by atoms with Crippen molar-refractivity contribution in [2.24, 2.45) is 17.6 Å². The lowest BCUT2D eigenvalue weighted by Gasteiger charge is -2.21. The molecule has 0 aliphatic heterocycles. The van der Waals surface area contributed by atoms with Crippen LogP contribution in [-0.2, 0) is 16.1 Å². The van der Waals surface area contributed by atoms with Crippen LogP contribution in [0.4, 0.5) is 5.69 Å². The molecule has 0 unspecified atom stereocenters. The Morgan fingerprint density at radius 3 is 2.46 bits per heavy atom. The van der Waals surface area contributed by atoms with Gasteiger partial charge in [-0.25, -0.2) is 0 Å². The summed E-state index contributed by atoms with van der Waals surface area (Å²) < 4.78 is 0. The van der Waals surface area contributed by atoms with Gasteiger partial charge >= 0.3 is 0 Å². The number of nitrogens with zero attached hydrogens (tertiary/aromatic N) is 1. The van der Waals surface area contributed by atoms with E-state index in [0.717, 1.165) is 43.4 Å². The Morgan fingerprint density at radius 2 is 1.88 bits per heavy atom. The van der Waals surface area contributed by atoms with Gasteiger partial charge < -0.3 is 16.0 Å². The molecule has 0 spiro atoms. The zero-order valence-corrected chi connectivity index (χ0v) is 14.3. The molecule has 2 aliphatic rings. The molecule has 3 rings (SSSR count). The number of hydrogen-bond acceptors (Lipinski definition) is 3. The molecule has 0 radical (unpaired) electrons. The molecule has 3 N–H and O–H groups in total. The second-order valence-electron chi connectivity index (χ2n) is 7.10. The molecule has 1 aromatic rings. The fourth-order valence-corrected chi connectivity index (χ4v) is 3.67. The van der Waals surface area contributed by atoms with Gasteiger partial charge in [0.15, 0.2) is 0 Å². The Hall–Kier alpha value is -1.88. The zero-order chi connectivity index (χ0) is 17.1. The number of anilines is 1. The van der Waals surface area contributed by atoms with Gasteiger partial charge in [0.1, 0.15) is 0 Å². The van der Waals surface area contributed by atoms with Gasteiger partial charge in [0.25, 0.3) is 0 Å². The standard InChI is InChI=1S/C19H27N3O2/c1-13(23)22(17-9-10-17)12-14-5-7-16(8-6-14)21-19(24)18-4-2-3-15(18)11-20/h5-8,15,17-18H,2-4,9-12,20H2,1H3,(H,21,24)/t15-,18-/m1/s1. The Balaban J connectivity index is 1.58. The molecule has 2 saturated carbocycles. The average molecular weight is 329 g/mol. The normalized spacial score (nSPS) is 23.1. The van der Waals surface area contributed by atoms with Gasteiger partial charge in [-0.3, -0.25) is 9.59 Å². The lowest BCUT2D eigenvalue weighted by Crippen LogP contribution is -2.30. The first-order valence-electron chi connectivity index (χ1n) is 8.95. The predicted molar refractivity (Wildman–Crippen MR) is 94.2 cm³/mol. The summed E-state index contributed by atoms with van der Waals surface area (Å²) in [5.74, 6) is 0.563. The highest BCUT2D eigenvalue weighted by molar-refractivity contribution is 5.92. The molecule has 5 heteroatoms. The number of rotatable bonds is 6. The Kier molecular flexibility index (Phi) is 5.19. The van der Waals surface area contributed by atoms with E-state index < -0.39 is 0 Å². The summed E-state index contributed by atoms with van der Waals surface area (Å²) in [6, 6.07) is 8.24. The molecule has 130 valence electrons. The number of carbonyl (C=O) groups is 2. The molecule has 24 heavy (non-hydrogen) atoms. The minimum Gasteiger partial charge on any atom is -0.336 e. The van der Waals surface area contributed by atoms with Crippen LogP contribution >= 0.6 is 0 Å². The van der Waals surface area contributed by atoms with Gasteiger partial charge in [-0.2, -0.15) is 0 Å². The summed E-state index contributed by atoms with van der Waals surface area (Å²) in [6.07, 6.45) is 5.28. The van der Waals surface area contributed by atoms with Crippen LogP contribution in [0.3, 0.4) is 0 Å². The van der Waals surface area contributed by atoms with Crippen LogP contribution in [0.25, 0.3) is 0 Å². The number of nitrogens with one attached hydrogen (secondary N) is 1. The summed E-state index contributed by atoms with van der Waals surface area (Å²) in [6.45, 7) is 2.85. The zero-order valence-electron chi connectivity index (χ0n) is 14.3. The van der Waals surface area contributed by atoms with Gasteiger partial charge in [0.05, 0.1) is 0 Å². The second-order valence-corrected chi connectivity index (χ2v) is 7.10. The summed E-state index contributed by atoms with van der Waals surface area (Å²) >= 11 is 0. The van der Waals surface area contributed by atoms with Crippen molar-refractivity contribution in [2.75, 3.05) is 11.9 Å². The minimum atomic E-state index is 0.0396. The maximum Gasteiger partial charge on any atom is 0.227 e. The Labute approximate surface area is 143 Å². The molecule has 0 aromatic heterocycles. The van der Waals surface area contributed by atoms with Crippen LogP contribution in [0.15, 0.2) is 24.3 Å². The van der Waals surface area contributed by atoms with E-state index in [4.69, 9.17) is 5.73 Å². The first-order chi connectivity index (χ1) is 11.6. The van der Waals surface area contributed by atoms with E-state index in [1.54, 1.807) is 6.92 Å². The van der Waals surface area contributed by atoms with E-state index in [1.807, 2.05) is 29.2 Å². The van der Waals surface area contributed by atoms with Crippen LogP contribution in [0.1, 0.15) is 44.6 Å². The van der Waals surface area contributed by atoms with Crippen LogP contribution in [-0.4, -0.2) is 29.3 Å². The fourth-order valence-electron chi connectivity index (χ4n) is 3.67. The van der Waals surface area contributed by atoms with Crippen LogP contribution < -0.4 is 11.1 Å². The molecular weight excluding hydrogens is 302 g/mol. The van der Waals surface area contributed by atoms with Crippen molar-refractivity contribution in [1.29, 1.82) is 0 Å². The lowest BCUT2D eigenvalue weighted by atomic mass is 9.95. The van der Waals surface area contributed by atoms with Crippen molar-refractivity contribution in [3.63, 3.8) is 0 Å². The van der Waals surface area contributed by atoms with Crippen molar-refractivity contribution in [2.45, 2.75) is 51.6 Å². The molecule has 0 heterocycles. The number of hydrogen-bond donors (Lipinski definition) is 2. The number of benzene rings is 1. The third-order valence-electron chi connectivity index (χ3n) is 5.27. The average Bonchev–Trinajstić information content (AvgIpc) is 3.29. The summed E-state index contributed by atoms with van der Waals surface area (Å²) in [5, 5.41) is 3.01. The van der Waals surface area contributed by atoms with Crippen LogP contribution in [0.2, 0.25) is 0 Å². The first kappa shape index (κ1) is 17.0. The van der Waals surface area contributed by atoms with Gasteiger partial charge in [0.2, 0.25) is 11.8 Å². The smallest absolute Gasteiger partial charge is 0.227 e. The maximum absolute atomic E-state index is 12.4. The highest BCUT2D eigenvalue weighted by Gasteiger charge is 2.32. The molecule has 2 amide bonds. The van der Waals surface area contributed by atoms with E-state index >= 15 is 0 Å². The van der Waals surface area contributed by atoms with Crippen molar-refractivity contribution >= 4 is 17.5 Å². The van der Waals surface area contributed by atoms with Crippen molar-refractivity contribution < 1.29 is 9.59 Å². The topological polar surface area (TPSA) is 75.4 Å². The molecule has 0 bridgehead atoms. The summed E-state index contributed by atoms with van der Waals surface area (Å²) in [4.78, 5) is 26.0. The van der Waals surface area contributed by atoms with Crippen molar-refractivity contribution in [1.82, 2.24) is 4.90 Å². The van der Waals surface area contributed by atoms with E-state index in [0.29, 0.717) is 25.0 Å². The molecular formula is C19H27N3O2. The lowest BCUT2D eigenvalue weighted by molar-refractivity contribution is -0.130. The molecule has 2 atom stereocenters. The van der Waals surface area contributed by atoms with Gasteiger partial charge in [-0.15, -0.1) is 0 Å². The van der Waals surface area contributed by atoms with Gasteiger partial charge in [-0.05, 0) is 55.8 Å². The molecule has 5 nitrogen and oxygen atoms in total. The molecule has 2 aliphatic carbocycles. The second kappa shape index (κ2) is 7.34. The third-order valence-corrected chi connectivity index (χ3v) is 5.27. The molecule has 0 saturated heterocycles. The Morgan fingerprint density at radius 1 is 1.17 bits per heavy atom. The monoisotopic (exact) mass is 329 g/mol. The van der Waals surface area contributed by atoms with E-state index in [-0.39, 0.29) is 17.7 Å². The summed E-state index contributed by atoms with van der Waals surface area (Å²) in [7, 11) is 0. The van der Waals surface area contributed by atoms with Crippen LogP contribution in [0, 0.1) is 11.8 Å². The largest absolute Gasteiger partial charge is 0.336 e. The number of nitrogens with two attached hydrogens (primary N) is 1. The number of carbonyl (C=O) groups excluding carboxylic acids is 2. The van der Waals surface area contributed by atoms with Crippen molar-refractivity contribution in [3.05, 3.63) is 29.8 Å². The predicted octanol–water partition coefficient (Wildman–Crippen LogP) is 2.51. The highest BCUT2D eigenvalue weighted by Crippen LogP contribution is 2.32. The van der Waals surface area contributed by atoms with Gasteiger partial charge in [0, 0.05) is 31.1 Å². The maximum atomic E-state index is 12.4. The number of amides is 2. The third kappa shape index (κ3) is 3.96. The molecule has 1 aromatic carbocycles. The molecule has 2 fully saturated rings. The quantitative estimate of drug-likeness (QED) is 0.842. The Bertz CT molecular complexity index is 595. The van der Waals surface area contributed by atoms with E-state index in [2.05, 4.69) is 5.32 Å². The van der Waals surface area contributed by atoms with E-state index in [1.165, 1.54) is 0 Å². The fraction of sp³-hybridized carbons (Fsp3) is 0.579. The SMILES string of the molecule is CC(=O)N(Cc1ccc(NC(=O)[C@@H]2CCC[C@@H]2CN)cc1)C1CC1. The minimum absolute atomic E-state index is 0.0396. The highest BCUT2D eigenvalue weighted by atomic mass is 16.2. The van der Waals surface area contributed by atoms with E-state index in [9.17, 15) is 9.59 Å². The van der Waals surface area contributed by atoms with Crippen LogP contribution in [0.5, 0.6) is 0 Å². The summed E-state index contributed by atoms with van der Waals surface area (Å²) in [5.41, 5.74) is 7.67. The van der Waals surface area contributed by atoms with Gasteiger partial charge in [-0.1, -0.05) is 18.6 Å². The van der Waals surface area contributed by atoms with Crippen molar-refractivity contribution in [3.8, 4) is 0 Å². The first-order valence-corrected chi connectivity index (χ1v) is 8.95.